The van der Waals surface area contributed by atoms with Gasteiger partial charge in [0, 0.05) is 28.6 Å². The smallest absolute Gasteiger partial charge is 0.305 e. The Morgan fingerprint density at radius 3 is 2.59 bits per heavy atom. The van der Waals surface area contributed by atoms with Crippen molar-refractivity contribution in [3.8, 4) is 11.5 Å². The maximum atomic E-state index is 12.8. The lowest BCUT2D eigenvalue weighted by atomic mass is 10.1. The van der Waals surface area contributed by atoms with Gasteiger partial charge in [-0.1, -0.05) is 59.3 Å². The molecule has 0 N–H and O–H groups in total. The molecule has 1 fully saturated rings. The third kappa shape index (κ3) is 6.66. The van der Waals surface area contributed by atoms with E-state index in [-0.39, 0.29) is 24.9 Å². The lowest BCUT2D eigenvalue weighted by Gasteiger charge is -2.14. The summed E-state index contributed by atoms with van der Waals surface area (Å²) < 4.78 is 16.7. The molecule has 2 aromatic carbocycles. The maximum Gasteiger partial charge on any atom is 0.305 e. The number of esters is 1. The Bertz CT molecular complexity index is 1100. The van der Waals surface area contributed by atoms with Gasteiger partial charge in [0.05, 0.1) is 18.6 Å². The summed E-state index contributed by atoms with van der Waals surface area (Å²) in [4.78, 5) is 26.3. The average molecular weight is 540 g/mol. The van der Waals surface area contributed by atoms with E-state index in [0.717, 1.165) is 5.56 Å². The van der Waals surface area contributed by atoms with Crippen LogP contribution >= 0.6 is 47.2 Å². The van der Waals surface area contributed by atoms with Crippen LogP contribution in [-0.4, -0.2) is 41.4 Å². The highest BCUT2D eigenvalue weighted by atomic mass is 35.5. The van der Waals surface area contributed by atoms with Crippen molar-refractivity contribution in [3.63, 3.8) is 0 Å². The van der Waals surface area contributed by atoms with Crippen molar-refractivity contribution < 1.29 is 23.8 Å². The first-order chi connectivity index (χ1) is 16.3. The highest BCUT2D eigenvalue weighted by Crippen LogP contribution is 2.35. The number of rotatable bonds is 10. The van der Waals surface area contributed by atoms with Gasteiger partial charge in [0.2, 0.25) is 0 Å². The highest BCUT2D eigenvalue weighted by molar-refractivity contribution is 8.26. The van der Waals surface area contributed by atoms with Crippen LogP contribution in [0, 0.1) is 0 Å². The van der Waals surface area contributed by atoms with Crippen LogP contribution in [-0.2, 0) is 20.9 Å². The molecular weight excluding hydrogens is 517 g/mol. The summed E-state index contributed by atoms with van der Waals surface area (Å²) in [5, 5.41) is 1.04. The molecule has 1 amide bonds. The Morgan fingerprint density at radius 1 is 1.18 bits per heavy atom. The fraction of sp³-hybridized carbons (Fsp3) is 0.292. The summed E-state index contributed by atoms with van der Waals surface area (Å²) in [5.74, 6) is 0.546. The topological polar surface area (TPSA) is 65.1 Å². The number of halogens is 2. The van der Waals surface area contributed by atoms with Crippen molar-refractivity contribution in [1.82, 2.24) is 4.90 Å². The number of hydrogen-bond donors (Lipinski definition) is 0. The van der Waals surface area contributed by atoms with E-state index in [9.17, 15) is 9.59 Å². The number of amides is 1. The summed E-state index contributed by atoms with van der Waals surface area (Å²) in [6.45, 7) is 2.64. The maximum absolute atomic E-state index is 12.8. The SMILES string of the molecule is CCOC(=O)CCCN1C(=O)/C(=C/c2ccc(OCc3c(Cl)cccc3Cl)c(OC)c2)SC1=S. The minimum Gasteiger partial charge on any atom is -0.493 e. The third-order valence-corrected chi connectivity index (χ3v) is 6.95. The Labute approximate surface area is 218 Å². The highest BCUT2D eigenvalue weighted by Gasteiger charge is 2.31. The van der Waals surface area contributed by atoms with Gasteiger partial charge < -0.3 is 14.2 Å². The van der Waals surface area contributed by atoms with Crippen molar-refractivity contribution in [3.05, 3.63) is 62.5 Å². The standard InChI is InChI=1S/C24H23Cl2NO5S2/c1-3-31-22(28)8-5-11-27-23(29)21(34-24(27)33)13-15-9-10-19(20(12-15)30-2)32-14-16-17(25)6-4-7-18(16)26/h4,6-7,9-10,12-13H,3,5,8,11,14H2,1-2H3/b21-13-. The van der Waals surface area contributed by atoms with Gasteiger partial charge in [-0.3, -0.25) is 14.5 Å². The largest absolute Gasteiger partial charge is 0.493 e. The van der Waals surface area contributed by atoms with E-state index in [1.54, 1.807) is 43.3 Å². The van der Waals surface area contributed by atoms with Gasteiger partial charge in [0.1, 0.15) is 10.9 Å². The number of thiocarbonyl (C=S) groups is 1. The molecule has 1 heterocycles. The zero-order chi connectivity index (χ0) is 24.7. The molecule has 0 atom stereocenters. The summed E-state index contributed by atoms with van der Waals surface area (Å²) >= 11 is 19.0. The van der Waals surface area contributed by atoms with Crippen LogP contribution in [0.4, 0.5) is 0 Å². The molecule has 0 spiro atoms. The molecule has 0 bridgehead atoms. The van der Waals surface area contributed by atoms with Crippen LogP contribution in [0.25, 0.3) is 6.08 Å². The second-order valence-electron chi connectivity index (χ2n) is 7.14. The van der Waals surface area contributed by atoms with Crippen molar-refractivity contribution in [2.75, 3.05) is 20.3 Å². The van der Waals surface area contributed by atoms with Gasteiger partial charge in [-0.05, 0) is 49.2 Å². The molecule has 3 rings (SSSR count). The first-order valence-electron chi connectivity index (χ1n) is 10.5. The fourth-order valence-corrected chi connectivity index (χ4v) is 4.99. The molecule has 1 aliphatic rings. The second-order valence-corrected chi connectivity index (χ2v) is 9.63. The minimum atomic E-state index is -0.283. The number of carbonyl (C=O) groups excluding carboxylic acids is 2. The number of ether oxygens (including phenoxy) is 3. The molecule has 0 radical (unpaired) electrons. The first kappa shape index (κ1) is 26.3. The van der Waals surface area contributed by atoms with Crippen molar-refractivity contribution in [2.45, 2.75) is 26.4 Å². The monoisotopic (exact) mass is 539 g/mol. The van der Waals surface area contributed by atoms with Crippen LogP contribution in [0.3, 0.4) is 0 Å². The molecule has 6 nitrogen and oxygen atoms in total. The zero-order valence-corrected chi connectivity index (χ0v) is 21.8. The quantitative estimate of drug-likeness (QED) is 0.204. The number of nitrogens with zero attached hydrogens (tertiary/aromatic N) is 1. The van der Waals surface area contributed by atoms with Gasteiger partial charge >= 0.3 is 5.97 Å². The summed E-state index contributed by atoms with van der Waals surface area (Å²) in [5.41, 5.74) is 1.44. The van der Waals surface area contributed by atoms with Crippen molar-refractivity contribution >= 4 is 69.5 Å². The molecule has 0 saturated carbocycles. The molecule has 180 valence electrons. The van der Waals surface area contributed by atoms with Gasteiger partial charge in [0.15, 0.2) is 11.5 Å². The molecule has 1 saturated heterocycles. The third-order valence-electron chi connectivity index (χ3n) is 4.86. The molecule has 0 aromatic heterocycles. The van der Waals surface area contributed by atoms with Crippen molar-refractivity contribution in [1.29, 1.82) is 0 Å². The Balaban J connectivity index is 1.68. The molecule has 34 heavy (non-hydrogen) atoms. The van der Waals surface area contributed by atoms with Gasteiger partial charge in [-0.2, -0.15) is 0 Å². The zero-order valence-electron chi connectivity index (χ0n) is 18.6. The number of benzene rings is 2. The van der Waals surface area contributed by atoms with Crippen LogP contribution < -0.4 is 9.47 Å². The Hall–Kier alpha value is -2.26. The van der Waals surface area contributed by atoms with Gasteiger partial charge in [-0.15, -0.1) is 0 Å². The average Bonchev–Trinajstić information content (AvgIpc) is 3.06. The predicted molar refractivity (Wildman–Crippen MR) is 140 cm³/mol. The van der Waals surface area contributed by atoms with Crippen molar-refractivity contribution in [2.24, 2.45) is 0 Å². The lowest BCUT2D eigenvalue weighted by molar-refractivity contribution is -0.143. The predicted octanol–water partition coefficient (Wildman–Crippen LogP) is 6.13. The summed E-state index contributed by atoms with van der Waals surface area (Å²) in [7, 11) is 1.54. The first-order valence-corrected chi connectivity index (χ1v) is 12.5. The van der Waals surface area contributed by atoms with E-state index in [1.165, 1.54) is 23.8 Å². The molecule has 0 unspecified atom stereocenters. The normalized spacial score (nSPS) is 14.6. The number of carbonyl (C=O) groups is 2. The van der Waals surface area contributed by atoms with E-state index in [4.69, 9.17) is 49.6 Å². The number of thioether (sulfide) groups is 1. The molecule has 1 aliphatic heterocycles. The summed E-state index contributed by atoms with van der Waals surface area (Å²) in [6, 6.07) is 10.6. The fourth-order valence-electron chi connectivity index (χ4n) is 3.17. The van der Waals surface area contributed by atoms with E-state index in [2.05, 4.69) is 0 Å². The lowest BCUT2D eigenvalue weighted by Crippen LogP contribution is -2.29. The van der Waals surface area contributed by atoms with Crippen LogP contribution in [0.1, 0.15) is 30.9 Å². The number of hydrogen-bond acceptors (Lipinski definition) is 7. The minimum absolute atomic E-state index is 0.179. The molecular formula is C24H23Cl2NO5S2. The van der Waals surface area contributed by atoms with Gasteiger partial charge in [0.25, 0.3) is 5.91 Å². The van der Waals surface area contributed by atoms with E-state index in [0.29, 0.717) is 55.9 Å². The second kappa shape index (κ2) is 12.4. The van der Waals surface area contributed by atoms with Gasteiger partial charge in [-0.25, -0.2) is 0 Å². The Kier molecular flexibility index (Phi) is 9.64. The Morgan fingerprint density at radius 2 is 1.91 bits per heavy atom. The van der Waals surface area contributed by atoms with Crippen LogP contribution in [0.15, 0.2) is 41.3 Å². The van der Waals surface area contributed by atoms with E-state index < -0.39 is 0 Å². The molecule has 10 heteroatoms. The molecule has 2 aromatic rings. The summed E-state index contributed by atoms with van der Waals surface area (Å²) in [6.07, 6.45) is 2.47. The van der Waals surface area contributed by atoms with E-state index >= 15 is 0 Å². The molecule has 0 aliphatic carbocycles. The number of methoxy groups -OCH3 is 1. The van der Waals surface area contributed by atoms with Crippen LogP contribution in [0.5, 0.6) is 11.5 Å². The van der Waals surface area contributed by atoms with Crippen LogP contribution in [0.2, 0.25) is 10.0 Å². The van der Waals surface area contributed by atoms with E-state index in [1.807, 2.05) is 6.07 Å².